The van der Waals surface area contributed by atoms with Gasteiger partial charge in [-0.25, -0.2) is 13.8 Å². The van der Waals surface area contributed by atoms with Gasteiger partial charge in [-0.05, 0) is 31.2 Å². The van der Waals surface area contributed by atoms with Gasteiger partial charge >= 0.3 is 0 Å². The Morgan fingerprint density at radius 3 is 2.86 bits per heavy atom. The highest BCUT2D eigenvalue weighted by Gasteiger charge is 2.42. The lowest BCUT2D eigenvalue weighted by Crippen LogP contribution is -2.43. The van der Waals surface area contributed by atoms with Gasteiger partial charge in [-0.1, -0.05) is 19.1 Å². The smallest absolute Gasteiger partial charge is 0.244 e. The summed E-state index contributed by atoms with van der Waals surface area (Å²) in [4.78, 5) is 17.5. The number of furan rings is 1. The van der Waals surface area contributed by atoms with Crippen molar-refractivity contribution in [3.8, 4) is 0 Å². The zero-order valence-corrected chi connectivity index (χ0v) is 15.2. The van der Waals surface area contributed by atoms with Gasteiger partial charge in [0.2, 0.25) is 5.91 Å². The Balaban J connectivity index is 1.42. The zero-order chi connectivity index (χ0) is 19.6. The van der Waals surface area contributed by atoms with Crippen molar-refractivity contribution in [3.05, 3.63) is 65.7 Å². The molecule has 0 saturated heterocycles. The number of hydrogen-bond donors (Lipinski definition) is 1. The standard InChI is InChI=1S/C21H17F2N3O2/c1-10-18(26-16-6-4-3-5-15(16)25-20(10)26)21(27)24-11(2)17-8-12-7-13(22)9-14(23)19(12)28-17/h3-11,18H,1-2H3,(H,24,27)/t10-,11+,18?/m0/s1. The Bertz CT molecular complexity index is 1240. The average Bonchev–Trinajstić information content (AvgIpc) is 3.22. The number of carbonyl (C=O) groups is 1. The maximum Gasteiger partial charge on any atom is 0.244 e. The number of aromatic nitrogens is 2. The predicted molar refractivity (Wildman–Crippen MR) is 99.9 cm³/mol. The van der Waals surface area contributed by atoms with Crippen molar-refractivity contribution < 1.29 is 18.0 Å². The molecule has 7 heteroatoms. The van der Waals surface area contributed by atoms with E-state index in [0.717, 1.165) is 22.9 Å². The van der Waals surface area contributed by atoms with Crippen LogP contribution in [0, 0.1) is 11.6 Å². The number of halogens is 2. The van der Waals surface area contributed by atoms with Gasteiger partial charge in [0.1, 0.15) is 23.4 Å². The van der Waals surface area contributed by atoms with Gasteiger partial charge in [-0.3, -0.25) is 4.79 Å². The second-order valence-electron chi connectivity index (χ2n) is 7.25. The molecule has 1 unspecified atom stereocenters. The second kappa shape index (κ2) is 5.89. The van der Waals surface area contributed by atoms with Crippen LogP contribution in [0.5, 0.6) is 0 Å². The lowest BCUT2D eigenvalue weighted by Gasteiger charge is -2.36. The van der Waals surface area contributed by atoms with Gasteiger partial charge in [0.15, 0.2) is 11.4 Å². The lowest BCUT2D eigenvalue weighted by atomic mass is 9.91. The van der Waals surface area contributed by atoms with Crippen LogP contribution in [-0.2, 0) is 4.79 Å². The van der Waals surface area contributed by atoms with E-state index in [0.29, 0.717) is 11.1 Å². The molecule has 142 valence electrons. The first-order valence-electron chi connectivity index (χ1n) is 9.10. The number of imidazole rings is 1. The molecule has 1 aliphatic rings. The molecule has 1 N–H and O–H groups in total. The Hall–Kier alpha value is -3.22. The monoisotopic (exact) mass is 381 g/mol. The fourth-order valence-electron chi connectivity index (χ4n) is 3.98. The molecule has 0 bridgehead atoms. The fourth-order valence-corrected chi connectivity index (χ4v) is 3.98. The average molecular weight is 381 g/mol. The van der Waals surface area contributed by atoms with E-state index in [2.05, 4.69) is 10.3 Å². The normalized spacial score (nSPS) is 19.4. The Morgan fingerprint density at radius 2 is 2.04 bits per heavy atom. The van der Waals surface area contributed by atoms with Crippen LogP contribution in [0.3, 0.4) is 0 Å². The summed E-state index contributed by atoms with van der Waals surface area (Å²) in [5.74, 6) is -0.353. The van der Waals surface area contributed by atoms with E-state index in [9.17, 15) is 13.6 Å². The minimum atomic E-state index is -0.762. The molecule has 2 aromatic carbocycles. The summed E-state index contributed by atoms with van der Waals surface area (Å²) in [5, 5.41) is 3.25. The highest BCUT2D eigenvalue weighted by atomic mass is 19.1. The zero-order valence-electron chi connectivity index (χ0n) is 15.2. The quantitative estimate of drug-likeness (QED) is 0.564. The molecule has 3 heterocycles. The third kappa shape index (κ3) is 2.35. The van der Waals surface area contributed by atoms with Crippen molar-refractivity contribution in [2.45, 2.75) is 31.8 Å². The molecule has 0 saturated carbocycles. The number of fused-ring (bicyclic) bond motifs is 4. The van der Waals surface area contributed by atoms with Gasteiger partial charge < -0.3 is 14.3 Å². The molecule has 3 atom stereocenters. The van der Waals surface area contributed by atoms with Crippen molar-refractivity contribution in [3.63, 3.8) is 0 Å². The van der Waals surface area contributed by atoms with Gasteiger partial charge in [0, 0.05) is 17.4 Å². The highest BCUT2D eigenvalue weighted by molar-refractivity contribution is 5.88. The predicted octanol–water partition coefficient (Wildman–Crippen LogP) is 4.60. The van der Waals surface area contributed by atoms with Crippen LogP contribution < -0.4 is 5.32 Å². The van der Waals surface area contributed by atoms with E-state index in [4.69, 9.17) is 4.42 Å². The largest absolute Gasteiger partial charge is 0.456 e. The van der Waals surface area contributed by atoms with Crippen molar-refractivity contribution in [1.82, 2.24) is 14.9 Å². The third-order valence-corrected chi connectivity index (χ3v) is 5.39. The van der Waals surface area contributed by atoms with E-state index in [1.807, 2.05) is 35.8 Å². The minimum Gasteiger partial charge on any atom is -0.456 e. The van der Waals surface area contributed by atoms with Gasteiger partial charge in [0.05, 0.1) is 17.1 Å². The minimum absolute atomic E-state index is 0.0122. The summed E-state index contributed by atoms with van der Waals surface area (Å²) in [6.07, 6.45) is 0. The van der Waals surface area contributed by atoms with Gasteiger partial charge in [-0.2, -0.15) is 0 Å². The SMILES string of the molecule is C[C@@H]1c2nc3ccccc3n2C1C(=O)N[C@H](C)c1cc2cc(F)cc(F)c2o1. The summed E-state index contributed by atoms with van der Waals surface area (Å²) in [7, 11) is 0. The lowest BCUT2D eigenvalue weighted by molar-refractivity contribution is -0.127. The maximum atomic E-state index is 13.9. The van der Waals surface area contributed by atoms with Crippen LogP contribution in [0.15, 0.2) is 46.9 Å². The first-order chi connectivity index (χ1) is 13.4. The fraction of sp³-hybridized carbons (Fsp3) is 0.238. The Kier molecular flexibility index (Phi) is 3.56. The highest BCUT2D eigenvalue weighted by Crippen LogP contribution is 2.43. The van der Waals surface area contributed by atoms with E-state index < -0.39 is 17.7 Å². The molecular weight excluding hydrogens is 364 g/mol. The maximum absolute atomic E-state index is 13.9. The number of nitrogens with zero attached hydrogens (tertiary/aromatic N) is 2. The number of benzene rings is 2. The first kappa shape index (κ1) is 16.9. The number of nitrogens with one attached hydrogen (secondary N) is 1. The van der Waals surface area contributed by atoms with Crippen LogP contribution in [-0.4, -0.2) is 15.5 Å². The summed E-state index contributed by atoms with van der Waals surface area (Å²) in [6.45, 7) is 3.72. The van der Waals surface area contributed by atoms with Crippen molar-refractivity contribution in [2.75, 3.05) is 0 Å². The van der Waals surface area contributed by atoms with E-state index in [1.54, 1.807) is 13.0 Å². The van der Waals surface area contributed by atoms with Crippen molar-refractivity contribution in [1.29, 1.82) is 0 Å². The summed E-state index contributed by atoms with van der Waals surface area (Å²) >= 11 is 0. The first-order valence-corrected chi connectivity index (χ1v) is 9.10. The van der Waals surface area contributed by atoms with Crippen LogP contribution in [0.1, 0.15) is 43.4 Å². The number of rotatable bonds is 3. The molecule has 1 amide bonds. The van der Waals surface area contributed by atoms with Crippen molar-refractivity contribution >= 4 is 27.9 Å². The number of para-hydroxylation sites is 2. The van der Waals surface area contributed by atoms with Crippen LogP contribution in [0.2, 0.25) is 0 Å². The summed E-state index contributed by atoms with van der Waals surface area (Å²) in [5.41, 5.74) is 1.77. The van der Waals surface area contributed by atoms with Crippen LogP contribution >= 0.6 is 0 Å². The van der Waals surface area contributed by atoms with E-state index >= 15 is 0 Å². The Morgan fingerprint density at radius 1 is 1.25 bits per heavy atom. The molecule has 0 fully saturated rings. The van der Waals surface area contributed by atoms with E-state index in [-0.39, 0.29) is 23.4 Å². The van der Waals surface area contributed by atoms with Crippen LogP contribution in [0.4, 0.5) is 8.78 Å². The molecule has 0 aliphatic carbocycles. The van der Waals surface area contributed by atoms with E-state index in [1.165, 1.54) is 6.07 Å². The molecule has 0 radical (unpaired) electrons. The molecule has 28 heavy (non-hydrogen) atoms. The van der Waals surface area contributed by atoms with Crippen LogP contribution in [0.25, 0.3) is 22.0 Å². The Labute approximate surface area is 159 Å². The molecule has 2 aromatic heterocycles. The van der Waals surface area contributed by atoms with Crippen molar-refractivity contribution in [2.24, 2.45) is 0 Å². The topological polar surface area (TPSA) is 60.1 Å². The third-order valence-electron chi connectivity index (χ3n) is 5.39. The summed E-state index contributed by atoms with van der Waals surface area (Å²) < 4.78 is 34.7. The molecular formula is C21H17F2N3O2. The molecule has 5 rings (SSSR count). The summed E-state index contributed by atoms with van der Waals surface area (Å²) in [6, 6.07) is 10.4. The molecule has 1 aliphatic heterocycles. The number of amides is 1. The number of carbonyl (C=O) groups excluding carboxylic acids is 1. The second-order valence-corrected chi connectivity index (χ2v) is 7.25. The van der Waals surface area contributed by atoms with Gasteiger partial charge in [-0.15, -0.1) is 0 Å². The molecule has 5 nitrogen and oxygen atoms in total. The molecule has 4 aromatic rings. The van der Waals surface area contributed by atoms with Gasteiger partial charge in [0.25, 0.3) is 0 Å². The number of hydrogen-bond acceptors (Lipinski definition) is 3. The molecule has 0 spiro atoms.